The maximum Gasteiger partial charge on any atom is 0.411 e. The number of ether oxygens (including phenoxy) is 2. The summed E-state index contributed by atoms with van der Waals surface area (Å²) in [5.41, 5.74) is 0.953. The molecular formula is C18H17F3N4O4. The highest BCUT2D eigenvalue weighted by molar-refractivity contribution is 5.86. The van der Waals surface area contributed by atoms with Crippen LogP contribution in [-0.4, -0.2) is 65.1 Å². The third-order valence-electron chi connectivity index (χ3n) is 4.08. The fourth-order valence-corrected chi connectivity index (χ4v) is 2.72. The van der Waals surface area contributed by atoms with Crippen molar-refractivity contribution in [1.29, 1.82) is 0 Å². The number of rotatable bonds is 6. The lowest BCUT2D eigenvalue weighted by molar-refractivity contribution is -0.135. The van der Waals surface area contributed by atoms with Gasteiger partial charge < -0.3 is 14.4 Å². The van der Waals surface area contributed by atoms with E-state index >= 15 is 0 Å². The highest BCUT2D eigenvalue weighted by Gasteiger charge is 2.37. The molecule has 1 aromatic carbocycles. The number of halogens is 3. The summed E-state index contributed by atoms with van der Waals surface area (Å²) in [4.78, 5) is 35.0. The first-order valence-electron chi connectivity index (χ1n) is 8.47. The Morgan fingerprint density at radius 1 is 1.38 bits per heavy atom. The molecule has 1 saturated heterocycles. The fraction of sp³-hybridized carbons (Fsp3) is 0.333. The number of aromatic nitrogens is 2. The Kier molecular flexibility index (Phi) is 5.85. The minimum absolute atomic E-state index is 0.0263. The lowest BCUT2D eigenvalue weighted by Gasteiger charge is -2.15. The van der Waals surface area contributed by atoms with E-state index in [2.05, 4.69) is 14.7 Å². The number of carbonyl (C=O) groups is 2. The average Bonchev–Trinajstić information content (AvgIpc) is 3.03. The monoisotopic (exact) mass is 410 g/mol. The fourth-order valence-electron chi connectivity index (χ4n) is 2.72. The van der Waals surface area contributed by atoms with Crippen molar-refractivity contribution < 1.29 is 32.2 Å². The van der Waals surface area contributed by atoms with Crippen molar-refractivity contribution in [2.24, 2.45) is 0 Å². The van der Waals surface area contributed by atoms with Gasteiger partial charge in [-0.2, -0.15) is 8.78 Å². The number of hydrogen-bond donors (Lipinski definition) is 0. The van der Waals surface area contributed by atoms with E-state index in [1.54, 1.807) is 14.1 Å². The Morgan fingerprint density at radius 3 is 2.83 bits per heavy atom. The second-order valence-electron chi connectivity index (χ2n) is 6.40. The molecule has 1 aliphatic heterocycles. The maximum atomic E-state index is 13.6. The predicted octanol–water partition coefficient (Wildman–Crippen LogP) is 2.29. The standard InChI is InChI=1S/C18H17F3N4O4/c1-24(2)16(26)15-9-25(18(27)29-15)8-11-6-22-7-13(23-11)10-3-4-12(19)14(5-10)28-17(20)21/h3-7,15,17H,8-9H2,1-2H3/t15-/m1/s1. The smallest absolute Gasteiger partial charge is 0.411 e. The van der Waals surface area contributed by atoms with Crippen molar-refractivity contribution in [2.75, 3.05) is 20.6 Å². The molecule has 29 heavy (non-hydrogen) atoms. The van der Waals surface area contributed by atoms with Gasteiger partial charge in [-0.05, 0) is 18.2 Å². The molecular weight excluding hydrogens is 393 g/mol. The van der Waals surface area contributed by atoms with Crippen molar-refractivity contribution in [3.8, 4) is 17.0 Å². The van der Waals surface area contributed by atoms with Crippen LogP contribution in [-0.2, 0) is 16.1 Å². The predicted molar refractivity (Wildman–Crippen MR) is 93.4 cm³/mol. The van der Waals surface area contributed by atoms with Crippen LogP contribution in [0.2, 0.25) is 0 Å². The van der Waals surface area contributed by atoms with Crippen LogP contribution in [0.15, 0.2) is 30.6 Å². The Hall–Kier alpha value is -3.37. The lowest BCUT2D eigenvalue weighted by atomic mass is 10.1. The molecule has 0 bridgehead atoms. The summed E-state index contributed by atoms with van der Waals surface area (Å²) in [5.74, 6) is -1.88. The molecule has 11 heteroatoms. The molecule has 2 amide bonds. The highest BCUT2D eigenvalue weighted by atomic mass is 19.3. The van der Waals surface area contributed by atoms with Crippen LogP contribution < -0.4 is 4.74 Å². The number of amides is 2. The SMILES string of the molecule is CN(C)C(=O)[C@H]1CN(Cc2cncc(-c3ccc(F)c(OC(F)F)c3)n2)C(=O)O1. The van der Waals surface area contributed by atoms with Crippen LogP contribution in [0.4, 0.5) is 18.0 Å². The quantitative estimate of drug-likeness (QED) is 0.727. The Balaban J connectivity index is 1.77. The largest absolute Gasteiger partial charge is 0.434 e. The number of likely N-dealkylation sites (N-methyl/N-ethyl adjacent to an activating group) is 1. The van der Waals surface area contributed by atoms with Crippen LogP contribution in [0.1, 0.15) is 5.69 Å². The second-order valence-corrected chi connectivity index (χ2v) is 6.40. The molecule has 1 atom stereocenters. The third kappa shape index (κ3) is 4.73. The number of nitrogens with zero attached hydrogens (tertiary/aromatic N) is 4. The zero-order valence-electron chi connectivity index (χ0n) is 15.5. The van der Waals surface area contributed by atoms with Gasteiger partial charge in [0, 0.05) is 19.7 Å². The van der Waals surface area contributed by atoms with E-state index in [1.165, 1.54) is 28.3 Å². The van der Waals surface area contributed by atoms with E-state index in [0.29, 0.717) is 11.3 Å². The minimum Gasteiger partial charge on any atom is -0.434 e. The molecule has 0 N–H and O–H groups in total. The summed E-state index contributed by atoms with van der Waals surface area (Å²) in [5, 5.41) is 0. The Labute approximate surface area is 163 Å². The summed E-state index contributed by atoms with van der Waals surface area (Å²) >= 11 is 0. The van der Waals surface area contributed by atoms with Crippen LogP contribution in [0, 0.1) is 5.82 Å². The van der Waals surface area contributed by atoms with Crippen molar-refractivity contribution in [3.63, 3.8) is 0 Å². The Bertz CT molecular complexity index is 926. The summed E-state index contributed by atoms with van der Waals surface area (Å²) < 4.78 is 47.6. The van der Waals surface area contributed by atoms with Gasteiger partial charge in [-0.1, -0.05) is 0 Å². The lowest BCUT2D eigenvalue weighted by Crippen LogP contribution is -2.36. The molecule has 154 valence electrons. The highest BCUT2D eigenvalue weighted by Crippen LogP contribution is 2.26. The van der Waals surface area contributed by atoms with Crippen LogP contribution in [0.3, 0.4) is 0 Å². The van der Waals surface area contributed by atoms with Gasteiger partial charge >= 0.3 is 12.7 Å². The molecule has 3 rings (SSSR count). The van der Waals surface area contributed by atoms with E-state index in [9.17, 15) is 22.8 Å². The van der Waals surface area contributed by atoms with E-state index < -0.39 is 30.4 Å². The van der Waals surface area contributed by atoms with E-state index in [-0.39, 0.29) is 24.7 Å². The van der Waals surface area contributed by atoms with E-state index in [0.717, 1.165) is 12.1 Å². The molecule has 8 nitrogen and oxygen atoms in total. The van der Waals surface area contributed by atoms with Gasteiger partial charge in [-0.3, -0.25) is 14.7 Å². The number of benzene rings is 1. The van der Waals surface area contributed by atoms with Crippen molar-refractivity contribution in [3.05, 3.63) is 42.1 Å². The Morgan fingerprint density at radius 2 is 2.14 bits per heavy atom. The molecule has 0 aliphatic carbocycles. The molecule has 2 aromatic rings. The topological polar surface area (TPSA) is 84.9 Å². The van der Waals surface area contributed by atoms with Crippen LogP contribution in [0.25, 0.3) is 11.3 Å². The van der Waals surface area contributed by atoms with Gasteiger partial charge in [-0.25, -0.2) is 14.2 Å². The minimum atomic E-state index is -3.17. The maximum absolute atomic E-state index is 13.6. The van der Waals surface area contributed by atoms with Gasteiger partial charge in [0.15, 0.2) is 17.7 Å². The molecule has 0 radical (unpaired) electrons. The molecule has 1 aliphatic rings. The van der Waals surface area contributed by atoms with Gasteiger partial charge in [0.25, 0.3) is 5.91 Å². The molecule has 0 saturated carbocycles. The van der Waals surface area contributed by atoms with Gasteiger partial charge in [0.1, 0.15) is 0 Å². The van der Waals surface area contributed by atoms with E-state index in [1.807, 2.05) is 0 Å². The number of alkyl halides is 2. The van der Waals surface area contributed by atoms with Gasteiger partial charge in [-0.15, -0.1) is 0 Å². The summed E-state index contributed by atoms with van der Waals surface area (Å²) in [6, 6.07) is 3.42. The summed E-state index contributed by atoms with van der Waals surface area (Å²) in [6.07, 6.45) is 1.22. The first kappa shape index (κ1) is 20.4. The van der Waals surface area contributed by atoms with Crippen molar-refractivity contribution >= 4 is 12.0 Å². The number of cyclic esters (lactones) is 1. The summed E-state index contributed by atoms with van der Waals surface area (Å²) in [6.45, 7) is -3.08. The van der Waals surface area contributed by atoms with Crippen LogP contribution >= 0.6 is 0 Å². The first-order chi connectivity index (χ1) is 13.7. The second kappa shape index (κ2) is 8.33. The van der Waals surface area contributed by atoms with Crippen molar-refractivity contribution in [1.82, 2.24) is 19.8 Å². The number of hydrogen-bond acceptors (Lipinski definition) is 6. The first-order valence-corrected chi connectivity index (χ1v) is 8.47. The number of carbonyl (C=O) groups excluding carboxylic acids is 2. The average molecular weight is 410 g/mol. The van der Waals surface area contributed by atoms with E-state index in [4.69, 9.17) is 4.74 Å². The van der Waals surface area contributed by atoms with Crippen LogP contribution in [0.5, 0.6) is 5.75 Å². The van der Waals surface area contributed by atoms with Gasteiger partial charge in [0.05, 0.1) is 36.9 Å². The zero-order chi connectivity index (χ0) is 21.1. The third-order valence-corrected chi connectivity index (χ3v) is 4.08. The molecule has 0 spiro atoms. The van der Waals surface area contributed by atoms with Gasteiger partial charge in [0.2, 0.25) is 0 Å². The van der Waals surface area contributed by atoms with Crippen molar-refractivity contribution in [2.45, 2.75) is 19.3 Å². The molecule has 1 aromatic heterocycles. The zero-order valence-corrected chi connectivity index (χ0v) is 15.5. The normalized spacial score (nSPS) is 16.1. The molecule has 0 unspecified atom stereocenters. The molecule has 2 heterocycles. The summed E-state index contributed by atoms with van der Waals surface area (Å²) in [7, 11) is 3.12. The molecule has 1 fully saturated rings.